The molecule has 17 heavy (non-hydrogen) atoms. The molecule has 0 heterocycles. The minimum atomic E-state index is -1.86. The minimum Gasteiger partial charge on any atom is -0.481 e. The van der Waals surface area contributed by atoms with E-state index in [4.69, 9.17) is 5.11 Å². The van der Waals surface area contributed by atoms with Gasteiger partial charge in [-0.15, -0.1) is 0 Å². The molecule has 5 nitrogen and oxygen atoms in total. The van der Waals surface area contributed by atoms with Gasteiger partial charge in [0.1, 0.15) is 5.54 Å². The standard InChI is InChI=1S/C12H23NO4/c1-7-13(5,6)11(3,4)12(17,9(2)14)8-10(15)16/h17H,7-8H2,1-6H3/p+1. The summed E-state index contributed by atoms with van der Waals surface area (Å²) in [5, 5.41) is 19.4. The Labute approximate surface area is 103 Å². The van der Waals surface area contributed by atoms with Crippen molar-refractivity contribution in [1.29, 1.82) is 0 Å². The molecule has 0 aliphatic heterocycles. The normalized spacial score (nSPS) is 16.4. The van der Waals surface area contributed by atoms with E-state index in [1.807, 2.05) is 21.0 Å². The fourth-order valence-corrected chi connectivity index (χ4v) is 1.89. The Bertz CT molecular complexity index is 322. The van der Waals surface area contributed by atoms with Gasteiger partial charge in [0.25, 0.3) is 0 Å². The van der Waals surface area contributed by atoms with E-state index in [1.165, 1.54) is 6.92 Å². The lowest BCUT2D eigenvalue weighted by atomic mass is 9.75. The first kappa shape index (κ1) is 16.1. The number of carbonyl (C=O) groups excluding carboxylic acids is 1. The number of aliphatic hydroxyl groups is 1. The second-order valence-corrected chi connectivity index (χ2v) is 5.55. The van der Waals surface area contributed by atoms with Crippen LogP contribution in [0.5, 0.6) is 0 Å². The Morgan fingerprint density at radius 1 is 1.24 bits per heavy atom. The lowest BCUT2D eigenvalue weighted by molar-refractivity contribution is -0.942. The minimum absolute atomic E-state index is 0.357. The molecular weight excluding hydrogens is 222 g/mol. The summed E-state index contributed by atoms with van der Waals surface area (Å²) < 4.78 is 0.357. The van der Waals surface area contributed by atoms with E-state index in [1.54, 1.807) is 13.8 Å². The maximum absolute atomic E-state index is 11.7. The summed E-state index contributed by atoms with van der Waals surface area (Å²) in [7, 11) is 3.74. The molecule has 0 spiro atoms. The van der Waals surface area contributed by atoms with Crippen molar-refractivity contribution in [1.82, 2.24) is 0 Å². The number of carboxylic acid groups (broad SMARTS) is 1. The van der Waals surface area contributed by atoms with Crippen LogP contribution in [0.1, 0.15) is 34.1 Å². The van der Waals surface area contributed by atoms with Gasteiger partial charge in [-0.05, 0) is 27.7 Å². The van der Waals surface area contributed by atoms with Gasteiger partial charge in [-0.25, -0.2) is 0 Å². The van der Waals surface area contributed by atoms with Crippen molar-refractivity contribution in [2.75, 3.05) is 20.6 Å². The maximum Gasteiger partial charge on any atom is 0.307 e. The number of rotatable bonds is 6. The molecule has 0 saturated carbocycles. The Morgan fingerprint density at radius 2 is 1.65 bits per heavy atom. The van der Waals surface area contributed by atoms with Crippen LogP contribution in [0.2, 0.25) is 0 Å². The fraction of sp³-hybridized carbons (Fsp3) is 0.833. The van der Waals surface area contributed by atoms with Gasteiger partial charge in [0, 0.05) is 0 Å². The molecule has 0 radical (unpaired) electrons. The lowest BCUT2D eigenvalue weighted by Crippen LogP contribution is -2.70. The van der Waals surface area contributed by atoms with Crippen LogP contribution in [0.3, 0.4) is 0 Å². The Morgan fingerprint density at radius 3 is 1.88 bits per heavy atom. The average molecular weight is 246 g/mol. The lowest BCUT2D eigenvalue weighted by Gasteiger charge is -2.51. The number of hydrogen-bond acceptors (Lipinski definition) is 3. The predicted octanol–water partition coefficient (Wildman–Crippen LogP) is 0.656. The quantitative estimate of drug-likeness (QED) is 0.675. The highest BCUT2D eigenvalue weighted by Crippen LogP contribution is 2.35. The zero-order chi connectivity index (χ0) is 14.1. The summed E-state index contributed by atoms with van der Waals surface area (Å²) in [4.78, 5) is 22.5. The van der Waals surface area contributed by atoms with Gasteiger partial charge in [0.2, 0.25) is 0 Å². The van der Waals surface area contributed by atoms with Gasteiger partial charge < -0.3 is 14.7 Å². The van der Waals surface area contributed by atoms with Crippen LogP contribution in [0.4, 0.5) is 0 Å². The number of Topliss-reactive ketones (excluding diaryl/α,β-unsaturated/α-hetero) is 1. The number of hydrogen-bond donors (Lipinski definition) is 2. The van der Waals surface area contributed by atoms with Gasteiger partial charge in [0.15, 0.2) is 11.4 Å². The number of aliphatic carboxylic acids is 1. The monoisotopic (exact) mass is 246 g/mol. The van der Waals surface area contributed by atoms with Crippen LogP contribution in [0.25, 0.3) is 0 Å². The van der Waals surface area contributed by atoms with Crippen molar-refractivity contribution in [2.45, 2.75) is 45.3 Å². The van der Waals surface area contributed by atoms with Crippen molar-refractivity contribution in [3.63, 3.8) is 0 Å². The third kappa shape index (κ3) is 2.66. The van der Waals surface area contributed by atoms with Crippen molar-refractivity contribution < 1.29 is 24.3 Å². The number of ketones is 1. The average Bonchev–Trinajstić information content (AvgIpc) is 2.15. The van der Waals surface area contributed by atoms with Crippen molar-refractivity contribution in [3.05, 3.63) is 0 Å². The third-order valence-corrected chi connectivity index (χ3v) is 4.31. The van der Waals surface area contributed by atoms with E-state index >= 15 is 0 Å². The van der Waals surface area contributed by atoms with Crippen LogP contribution >= 0.6 is 0 Å². The molecule has 2 N–H and O–H groups in total. The van der Waals surface area contributed by atoms with Gasteiger partial charge >= 0.3 is 5.97 Å². The van der Waals surface area contributed by atoms with Crippen LogP contribution < -0.4 is 0 Å². The van der Waals surface area contributed by atoms with E-state index < -0.39 is 29.3 Å². The van der Waals surface area contributed by atoms with Crippen LogP contribution in [-0.4, -0.2) is 58.2 Å². The number of carboxylic acids is 1. The maximum atomic E-state index is 11.7. The molecule has 0 amide bonds. The molecule has 1 atom stereocenters. The van der Waals surface area contributed by atoms with Gasteiger partial charge in [-0.3, -0.25) is 9.59 Å². The molecule has 0 rings (SSSR count). The molecule has 0 aliphatic carbocycles. The molecule has 0 aromatic carbocycles. The molecule has 0 fully saturated rings. The highest BCUT2D eigenvalue weighted by molar-refractivity contribution is 5.90. The topological polar surface area (TPSA) is 74.6 Å². The van der Waals surface area contributed by atoms with Gasteiger partial charge in [-0.2, -0.15) is 0 Å². The van der Waals surface area contributed by atoms with Crippen LogP contribution in [0, 0.1) is 0 Å². The van der Waals surface area contributed by atoms with Crippen LogP contribution in [0.15, 0.2) is 0 Å². The number of carbonyl (C=O) groups is 2. The molecule has 1 unspecified atom stereocenters. The van der Waals surface area contributed by atoms with Crippen molar-refractivity contribution >= 4 is 11.8 Å². The van der Waals surface area contributed by atoms with Crippen molar-refractivity contribution in [2.24, 2.45) is 0 Å². The summed E-state index contributed by atoms with van der Waals surface area (Å²) in [6.07, 6.45) is -0.572. The largest absolute Gasteiger partial charge is 0.481 e. The number of likely N-dealkylation sites (N-methyl/N-ethyl adjacent to an activating group) is 1. The second-order valence-electron chi connectivity index (χ2n) is 5.55. The van der Waals surface area contributed by atoms with Gasteiger partial charge in [-0.1, -0.05) is 0 Å². The summed E-state index contributed by atoms with van der Waals surface area (Å²) in [5.41, 5.74) is -2.75. The van der Waals surface area contributed by atoms with E-state index in [0.717, 1.165) is 0 Å². The van der Waals surface area contributed by atoms with E-state index in [-0.39, 0.29) is 0 Å². The molecule has 0 aliphatic rings. The fourth-order valence-electron chi connectivity index (χ4n) is 1.89. The Hall–Kier alpha value is -0.940. The molecule has 5 heteroatoms. The van der Waals surface area contributed by atoms with E-state index in [0.29, 0.717) is 11.0 Å². The Balaban J connectivity index is 5.62. The first-order valence-corrected chi connectivity index (χ1v) is 5.70. The highest BCUT2D eigenvalue weighted by Gasteiger charge is 2.57. The molecule has 0 bridgehead atoms. The molecular formula is C12H24NO4+. The first-order chi connectivity index (χ1) is 7.42. The predicted molar refractivity (Wildman–Crippen MR) is 64.6 cm³/mol. The zero-order valence-electron chi connectivity index (χ0n) is 11.6. The zero-order valence-corrected chi connectivity index (χ0v) is 11.6. The summed E-state index contributed by atoms with van der Waals surface area (Å²) >= 11 is 0. The smallest absolute Gasteiger partial charge is 0.307 e. The first-order valence-electron chi connectivity index (χ1n) is 5.70. The molecule has 0 aromatic rings. The van der Waals surface area contributed by atoms with Crippen molar-refractivity contribution in [3.8, 4) is 0 Å². The highest BCUT2D eigenvalue weighted by atomic mass is 16.4. The molecule has 100 valence electrons. The molecule has 0 aromatic heterocycles. The summed E-state index contributed by atoms with van der Waals surface area (Å²) in [6, 6.07) is 0. The summed E-state index contributed by atoms with van der Waals surface area (Å²) in [6.45, 7) is 7.30. The molecule has 0 saturated heterocycles. The van der Waals surface area contributed by atoms with Gasteiger partial charge in [0.05, 0.1) is 27.1 Å². The Kier molecular flexibility index (Phi) is 4.48. The summed E-state index contributed by atoms with van der Waals surface area (Å²) in [5.74, 6) is -1.68. The number of nitrogens with zero attached hydrogens (tertiary/aromatic N) is 1. The van der Waals surface area contributed by atoms with E-state index in [2.05, 4.69) is 0 Å². The SMILES string of the molecule is CC[N+](C)(C)C(C)(C)C(O)(CC(=O)O)C(C)=O. The third-order valence-electron chi connectivity index (χ3n) is 4.31. The number of quaternary nitrogens is 1. The van der Waals surface area contributed by atoms with E-state index in [9.17, 15) is 14.7 Å². The van der Waals surface area contributed by atoms with Crippen LogP contribution in [-0.2, 0) is 9.59 Å². The second kappa shape index (κ2) is 4.74.